The van der Waals surface area contributed by atoms with Gasteiger partial charge in [-0.2, -0.15) is 0 Å². The number of carbonyl (C=O) groups is 1. The van der Waals surface area contributed by atoms with Crippen LogP contribution < -0.4 is 9.47 Å². The van der Waals surface area contributed by atoms with Gasteiger partial charge in [-0.25, -0.2) is 0 Å². The van der Waals surface area contributed by atoms with Gasteiger partial charge >= 0.3 is 5.97 Å². The lowest BCUT2D eigenvalue weighted by atomic mass is 9.74. The second-order valence-corrected chi connectivity index (χ2v) is 7.07. The van der Waals surface area contributed by atoms with E-state index in [0.717, 1.165) is 43.9 Å². The fourth-order valence-electron chi connectivity index (χ4n) is 4.63. The van der Waals surface area contributed by atoms with Gasteiger partial charge in [0, 0.05) is 36.7 Å². The van der Waals surface area contributed by atoms with Crippen molar-refractivity contribution in [3.63, 3.8) is 0 Å². The van der Waals surface area contributed by atoms with Crippen molar-refractivity contribution >= 4 is 5.97 Å². The molecule has 0 saturated carbocycles. The maximum atomic E-state index is 11.9. The molecule has 0 aliphatic carbocycles. The van der Waals surface area contributed by atoms with Crippen LogP contribution in [-0.2, 0) is 16.0 Å². The highest BCUT2D eigenvalue weighted by molar-refractivity contribution is 5.69. The van der Waals surface area contributed by atoms with Crippen molar-refractivity contribution in [2.75, 3.05) is 34.4 Å². The number of benzene rings is 1. The van der Waals surface area contributed by atoms with Crippen molar-refractivity contribution in [2.45, 2.75) is 38.6 Å². The first-order valence-corrected chi connectivity index (χ1v) is 9.17. The number of carbonyl (C=O) groups excluding carboxylic acids is 1. The second kappa shape index (κ2) is 7.65. The van der Waals surface area contributed by atoms with Crippen molar-refractivity contribution < 1.29 is 19.0 Å². The average molecular weight is 347 g/mol. The lowest BCUT2D eigenvalue weighted by Gasteiger charge is -2.47. The molecule has 138 valence electrons. The molecule has 0 N–H and O–H groups in total. The third kappa shape index (κ3) is 3.34. The van der Waals surface area contributed by atoms with E-state index in [1.807, 2.05) is 12.1 Å². The zero-order valence-electron chi connectivity index (χ0n) is 15.7. The Labute approximate surface area is 150 Å². The largest absolute Gasteiger partial charge is 0.496 e. The molecular weight excluding hydrogens is 318 g/mol. The summed E-state index contributed by atoms with van der Waals surface area (Å²) in [6.45, 7) is 4.28. The van der Waals surface area contributed by atoms with Crippen molar-refractivity contribution in [3.8, 4) is 11.5 Å². The van der Waals surface area contributed by atoms with E-state index in [-0.39, 0.29) is 12.0 Å². The quantitative estimate of drug-likeness (QED) is 0.766. The molecular formula is C20H29NO4. The van der Waals surface area contributed by atoms with Crippen molar-refractivity contribution in [1.29, 1.82) is 0 Å². The summed E-state index contributed by atoms with van der Waals surface area (Å²) in [6, 6.07) is 4.28. The summed E-state index contributed by atoms with van der Waals surface area (Å²) in [6.07, 6.45) is 3.53. The smallest absolute Gasteiger partial charge is 0.305 e. The minimum absolute atomic E-state index is 0.106. The monoisotopic (exact) mass is 347 g/mol. The summed E-state index contributed by atoms with van der Waals surface area (Å²) in [7, 11) is 4.93. The Balaban J connectivity index is 1.96. The fourth-order valence-corrected chi connectivity index (χ4v) is 4.63. The summed E-state index contributed by atoms with van der Waals surface area (Å²) in [5.74, 6) is 2.65. The van der Waals surface area contributed by atoms with Crippen LogP contribution in [0.3, 0.4) is 0 Å². The number of esters is 1. The molecule has 1 aromatic carbocycles. The first kappa shape index (κ1) is 18.1. The molecule has 3 atom stereocenters. The third-order valence-corrected chi connectivity index (χ3v) is 5.98. The van der Waals surface area contributed by atoms with Gasteiger partial charge in [0.25, 0.3) is 0 Å². The minimum Gasteiger partial charge on any atom is -0.496 e. The van der Waals surface area contributed by atoms with E-state index < -0.39 is 0 Å². The maximum absolute atomic E-state index is 11.9. The number of fused-ring (bicyclic) bond motifs is 3. The van der Waals surface area contributed by atoms with E-state index in [4.69, 9.17) is 14.2 Å². The Morgan fingerprint density at radius 3 is 2.52 bits per heavy atom. The Morgan fingerprint density at radius 2 is 1.88 bits per heavy atom. The van der Waals surface area contributed by atoms with E-state index >= 15 is 0 Å². The zero-order valence-corrected chi connectivity index (χ0v) is 15.7. The highest BCUT2D eigenvalue weighted by Crippen LogP contribution is 2.48. The number of ether oxygens (including phenoxy) is 3. The van der Waals surface area contributed by atoms with Crippen molar-refractivity contribution in [3.05, 3.63) is 23.3 Å². The topological polar surface area (TPSA) is 48.0 Å². The summed E-state index contributed by atoms with van der Waals surface area (Å²) in [4.78, 5) is 14.5. The second-order valence-electron chi connectivity index (χ2n) is 7.07. The van der Waals surface area contributed by atoms with Gasteiger partial charge in [0.05, 0.1) is 21.3 Å². The highest BCUT2D eigenvalue weighted by atomic mass is 16.5. The number of hydrogen-bond acceptors (Lipinski definition) is 5. The Bertz CT molecular complexity index is 630. The molecule has 5 nitrogen and oxygen atoms in total. The third-order valence-electron chi connectivity index (χ3n) is 5.98. The predicted octanol–water partition coefficient (Wildman–Crippen LogP) is 3.21. The molecule has 1 fully saturated rings. The van der Waals surface area contributed by atoms with Crippen molar-refractivity contribution in [1.82, 2.24) is 4.90 Å². The van der Waals surface area contributed by atoms with E-state index in [1.54, 1.807) is 14.2 Å². The van der Waals surface area contributed by atoms with Crippen molar-refractivity contribution in [2.24, 2.45) is 11.8 Å². The summed E-state index contributed by atoms with van der Waals surface area (Å²) in [5, 5.41) is 0. The van der Waals surface area contributed by atoms with Gasteiger partial charge in [-0.05, 0) is 36.8 Å². The SMILES string of the molecule is CC[C@@H]1CN2CCc3c(OC)ccc(OC)c3[C@@H]2C[C@@H]1CC(=O)OC. The first-order valence-electron chi connectivity index (χ1n) is 9.17. The fraction of sp³-hybridized carbons (Fsp3) is 0.650. The van der Waals surface area contributed by atoms with Gasteiger partial charge in [0.2, 0.25) is 0 Å². The van der Waals surface area contributed by atoms with E-state index in [1.165, 1.54) is 18.2 Å². The molecule has 25 heavy (non-hydrogen) atoms. The summed E-state index contributed by atoms with van der Waals surface area (Å²) < 4.78 is 16.2. The van der Waals surface area contributed by atoms with Gasteiger partial charge in [-0.15, -0.1) is 0 Å². The Morgan fingerprint density at radius 1 is 1.16 bits per heavy atom. The molecule has 3 rings (SSSR count). The van der Waals surface area contributed by atoms with Crippen LogP contribution in [0.15, 0.2) is 12.1 Å². The van der Waals surface area contributed by atoms with Gasteiger partial charge in [0.15, 0.2) is 0 Å². The predicted molar refractivity (Wildman–Crippen MR) is 96.1 cm³/mol. The number of nitrogens with zero attached hydrogens (tertiary/aromatic N) is 1. The maximum Gasteiger partial charge on any atom is 0.305 e. The normalized spacial score (nSPS) is 25.7. The van der Waals surface area contributed by atoms with E-state index in [2.05, 4.69) is 11.8 Å². The van der Waals surface area contributed by atoms with Crippen LogP contribution in [0.4, 0.5) is 0 Å². The molecule has 0 aromatic heterocycles. The van der Waals surface area contributed by atoms with Crippen LogP contribution in [0.5, 0.6) is 11.5 Å². The molecule has 2 aliphatic rings. The van der Waals surface area contributed by atoms with Gasteiger partial charge in [-0.3, -0.25) is 9.69 Å². The molecule has 2 aliphatic heterocycles. The number of hydrogen-bond donors (Lipinski definition) is 0. The molecule has 1 saturated heterocycles. The lowest BCUT2D eigenvalue weighted by molar-refractivity contribution is -0.143. The van der Waals surface area contributed by atoms with Gasteiger partial charge < -0.3 is 14.2 Å². The summed E-state index contributed by atoms with van der Waals surface area (Å²) >= 11 is 0. The summed E-state index contributed by atoms with van der Waals surface area (Å²) in [5.41, 5.74) is 2.51. The molecule has 0 spiro atoms. The lowest BCUT2D eigenvalue weighted by Crippen LogP contribution is -2.46. The van der Waals surface area contributed by atoms with Crippen LogP contribution in [0.1, 0.15) is 43.4 Å². The van der Waals surface area contributed by atoms with Crippen LogP contribution in [-0.4, -0.2) is 45.3 Å². The molecule has 0 radical (unpaired) electrons. The molecule has 1 aromatic rings. The molecule has 0 amide bonds. The van der Waals surface area contributed by atoms with Crippen LogP contribution >= 0.6 is 0 Å². The molecule has 0 unspecified atom stereocenters. The number of piperidine rings is 1. The van der Waals surface area contributed by atoms with Gasteiger partial charge in [0.1, 0.15) is 11.5 Å². The Hall–Kier alpha value is -1.75. The Kier molecular flexibility index (Phi) is 5.52. The van der Waals surface area contributed by atoms with E-state index in [0.29, 0.717) is 18.3 Å². The minimum atomic E-state index is -0.106. The van der Waals surface area contributed by atoms with Gasteiger partial charge in [-0.1, -0.05) is 13.3 Å². The highest BCUT2D eigenvalue weighted by Gasteiger charge is 2.41. The van der Waals surface area contributed by atoms with Crippen LogP contribution in [0.25, 0.3) is 0 Å². The molecule has 0 bridgehead atoms. The van der Waals surface area contributed by atoms with Crippen LogP contribution in [0.2, 0.25) is 0 Å². The average Bonchev–Trinajstić information content (AvgIpc) is 2.65. The zero-order chi connectivity index (χ0) is 18.0. The number of rotatable bonds is 5. The van der Waals surface area contributed by atoms with E-state index in [9.17, 15) is 4.79 Å². The first-order chi connectivity index (χ1) is 12.1. The number of methoxy groups -OCH3 is 3. The van der Waals surface area contributed by atoms with Crippen LogP contribution in [0, 0.1) is 11.8 Å². The molecule has 2 heterocycles. The standard InChI is InChI=1S/C20H29NO4/c1-5-13-12-21-9-8-15-17(23-2)6-7-18(24-3)20(15)16(21)10-14(13)11-19(22)25-4/h6-7,13-14,16H,5,8-12H2,1-4H3/t13-,14-,16+/m1/s1. The molecule has 5 heteroatoms.